The molecule has 2 rings (SSSR count). The molecule has 1 amide bonds. The van der Waals surface area contributed by atoms with E-state index in [1.54, 1.807) is 6.20 Å². The van der Waals surface area contributed by atoms with Crippen molar-refractivity contribution in [2.24, 2.45) is 0 Å². The van der Waals surface area contributed by atoms with Gasteiger partial charge in [-0.3, -0.25) is 20.0 Å². The summed E-state index contributed by atoms with van der Waals surface area (Å²) in [5, 5.41) is 20.2. The van der Waals surface area contributed by atoms with Crippen LogP contribution in [0.15, 0.2) is 24.4 Å². The normalized spacial score (nSPS) is 10.2. The first-order chi connectivity index (χ1) is 10.0. The summed E-state index contributed by atoms with van der Waals surface area (Å²) in [5.41, 5.74) is 1.56. The molecule has 110 valence electrons. The number of aromatic nitrogens is 2. The summed E-state index contributed by atoms with van der Waals surface area (Å²) in [6, 6.07) is 4.21. The summed E-state index contributed by atoms with van der Waals surface area (Å²) in [6.07, 6.45) is 1.61. The minimum Gasteiger partial charge on any atom is -0.490 e. The van der Waals surface area contributed by atoms with E-state index in [-0.39, 0.29) is 23.5 Å². The molecule has 1 aromatic carbocycles. The van der Waals surface area contributed by atoms with Crippen molar-refractivity contribution >= 4 is 11.6 Å². The minimum absolute atomic E-state index is 0.0519. The molecule has 0 aliphatic rings. The predicted molar refractivity (Wildman–Crippen MR) is 74.1 cm³/mol. The zero-order valence-corrected chi connectivity index (χ0v) is 11.5. The average Bonchev–Trinajstić information content (AvgIpc) is 2.89. The van der Waals surface area contributed by atoms with Gasteiger partial charge in [0, 0.05) is 23.9 Å². The summed E-state index contributed by atoms with van der Waals surface area (Å²) in [4.78, 5) is 22.5. The van der Waals surface area contributed by atoms with Crippen molar-refractivity contribution in [1.82, 2.24) is 15.5 Å². The Kier molecular flexibility index (Phi) is 4.17. The third-order valence-electron chi connectivity index (χ3n) is 3.01. The number of nitrogens with zero attached hydrogens (tertiary/aromatic N) is 2. The molecule has 0 fully saturated rings. The molecule has 8 nitrogen and oxygen atoms in total. The van der Waals surface area contributed by atoms with E-state index in [1.807, 2.05) is 6.92 Å². The van der Waals surface area contributed by atoms with Crippen LogP contribution < -0.4 is 10.1 Å². The first-order valence-corrected chi connectivity index (χ1v) is 6.13. The van der Waals surface area contributed by atoms with Crippen molar-refractivity contribution < 1.29 is 14.5 Å². The van der Waals surface area contributed by atoms with E-state index in [4.69, 9.17) is 4.74 Å². The van der Waals surface area contributed by atoms with Crippen molar-refractivity contribution in [1.29, 1.82) is 0 Å². The zero-order valence-electron chi connectivity index (χ0n) is 11.5. The van der Waals surface area contributed by atoms with Crippen LogP contribution in [0, 0.1) is 17.0 Å². The highest BCUT2D eigenvalue weighted by Crippen LogP contribution is 2.30. The largest absolute Gasteiger partial charge is 0.490 e. The Bertz CT molecular complexity index is 681. The zero-order chi connectivity index (χ0) is 15.4. The van der Waals surface area contributed by atoms with Gasteiger partial charge < -0.3 is 10.1 Å². The summed E-state index contributed by atoms with van der Waals surface area (Å²) < 4.78 is 5.00. The lowest BCUT2D eigenvalue weighted by molar-refractivity contribution is -0.385. The van der Waals surface area contributed by atoms with Gasteiger partial charge in [-0.1, -0.05) is 6.07 Å². The average molecular weight is 290 g/mol. The topological polar surface area (TPSA) is 110 Å². The van der Waals surface area contributed by atoms with Crippen LogP contribution >= 0.6 is 0 Å². The number of benzene rings is 1. The second kappa shape index (κ2) is 6.04. The lowest BCUT2D eigenvalue weighted by atomic mass is 10.1. The van der Waals surface area contributed by atoms with E-state index in [1.165, 1.54) is 25.3 Å². The summed E-state index contributed by atoms with van der Waals surface area (Å²) in [5.74, 6) is -0.500. The maximum absolute atomic E-state index is 12.2. The standard InChI is InChI=1S/C13H14N4O4/c1-8-9(7-15-16-8)6-14-13(18)10-4-3-5-11(17(19)20)12(10)21-2/h3-5,7H,6H2,1-2H3,(H,14,18)(H,15,16). The Morgan fingerprint density at radius 3 is 2.86 bits per heavy atom. The summed E-state index contributed by atoms with van der Waals surface area (Å²) >= 11 is 0. The van der Waals surface area contributed by atoms with Gasteiger partial charge in [-0.25, -0.2) is 0 Å². The van der Waals surface area contributed by atoms with Gasteiger partial charge in [0.1, 0.15) is 0 Å². The Balaban J connectivity index is 2.21. The number of H-pyrrole nitrogens is 1. The van der Waals surface area contributed by atoms with Gasteiger partial charge in [0.25, 0.3) is 5.91 Å². The molecule has 0 bridgehead atoms. The Morgan fingerprint density at radius 2 is 2.29 bits per heavy atom. The Labute approximate surface area is 120 Å². The molecule has 1 heterocycles. The first-order valence-electron chi connectivity index (χ1n) is 6.13. The van der Waals surface area contributed by atoms with Crippen LogP contribution in [0.25, 0.3) is 0 Å². The maximum Gasteiger partial charge on any atom is 0.311 e. The summed E-state index contributed by atoms with van der Waals surface area (Å²) in [6.45, 7) is 2.11. The Morgan fingerprint density at radius 1 is 1.52 bits per heavy atom. The van der Waals surface area contributed by atoms with Crippen molar-refractivity contribution in [3.63, 3.8) is 0 Å². The number of carbonyl (C=O) groups is 1. The van der Waals surface area contributed by atoms with Crippen LogP contribution in [0.5, 0.6) is 5.75 Å². The summed E-state index contributed by atoms with van der Waals surface area (Å²) in [7, 11) is 1.29. The highest BCUT2D eigenvalue weighted by Gasteiger charge is 2.22. The van der Waals surface area contributed by atoms with E-state index in [9.17, 15) is 14.9 Å². The SMILES string of the molecule is COc1c(C(=O)NCc2cn[nH]c2C)cccc1[N+](=O)[O-]. The van der Waals surface area contributed by atoms with E-state index < -0.39 is 10.8 Å². The number of nitro benzene ring substituents is 1. The molecular weight excluding hydrogens is 276 g/mol. The smallest absolute Gasteiger partial charge is 0.311 e. The lowest BCUT2D eigenvalue weighted by Crippen LogP contribution is -2.23. The number of aromatic amines is 1. The van der Waals surface area contributed by atoms with Crippen LogP contribution in [-0.2, 0) is 6.54 Å². The van der Waals surface area contributed by atoms with E-state index in [0.717, 1.165) is 11.3 Å². The van der Waals surface area contributed by atoms with Crippen molar-refractivity contribution in [3.05, 3.63) is 51.3 Å². The van der Waals surface area contributed by atoms with Gasteiger partial charge >= 0.3 is 5.69 Å². The van der Waals surface area contributed by atoms with E-state index in [2.05, 4.69) is 15.5 Å². The number of rotatable bonds is 5. The third kappa shape index (κ3) is 2.99. The van der Waals surface area contributed by atoms with Crippen molar-refractivity contribution in [2.75, 3.05) is 7.11 Å². The van der Waals surface area contributed by atoms with Crippen LogP contribution in [0.1, 0.15) is 21.6 Å². The van der Waals surface area contributed by atoms with Gasteiger partial charge in [0.05, 0.1) is 23.8 Å². The Hall–Kier alpha value is -2.90. The molecule has 2 N–H and O–H groups in total. The molecule has 0 saturated carbocycles. The van der Waals surface area contributed by atoms with Crippen LogP contribution in [-0.4, -0.2) is 28.1 Å². The van der Waals surface area contributed by atoms with Crippen LogP contribution in [0.4, 0.5) is 5.69 Å². The third-order valence-corrected chi connectivity index (χ3v) is 3.01. The number of ether oxygens (including phenoxy) is 1. The number of para-hydroxylation sites is 1. The van der Waals surface area contributed by atoms with E-state index in [0.29, 0.717) is 0 Å². The fourth-order valence-corrected chi connectivity index (χ4v) is 1.89. The van der Waals surface area contributed by atoms with Crippen molar-refractivity contribution in [3.8, 4) is 5.75 Å². The highest BCUT2D eigenvalue weighted by molar-refractivity contribution is 5.98. The number of carbonyl (C=O) groups excluding carboxylic acids is 1. The highest BCUT2D eigenvalue weighted by atomic mass is 16.6. The molecular formula is C13H14N4O4. The first kappa shape index (κ1) is 14.5. The maximum atomic E-state index is 12.2. The molecule has 1 aromatic heterocycles. The van der Waals surface area contributed by atoms with Crippen LogP contribution in [0.2, 0.25) is 0 Å². The van der Waals surface area contributed by atoms with Gasteiger partial charge in [-0.15, -0.1) is 0 Å². The number of amides is 1. The molecule has 0 saturated heterocycles. The number of aryl methyl sites for hydroxylation is 1. The molecule has 8 heteroatoms. The van der Waals surface area contributed by atoms with Gasteiger partial charge in [0.2, 0.25) is 5.75 Å². The number of hydrogen-bond donors (Lipinski definition) is 2. The number of hydrogen-bond acceptors (Lipinski definition) is 5. The quantitative estimate of drug-likeness (QED) is 0.641. The van der Waals surface area contributed by atoms with Gasteiger partial charge in [0.15, 0.2) is 0 Å². The second-order valence-electron chi connectivity index (χ2n) is 4.32. The number of nitrogens with one attached hydrogen (secondary N) is 2. The lowest BCUT2D eigenvalue weighted by Gasteiger charge is -2.09. The molecule has 0 atom stereocenters. The number of methoxy groups -OCH3 is 1. The fourth-order valence-electron chi connectivity index (χ4n) is 1.89. The fraction of sp³-hybridized carbons (Fsp3) is 0.231. The molecule has 0 spiro atoms. The second-order valence-corrected chi connectivity index (χ2v) is 4.32. The molecule has 0 radical (unpaired) electrons. The molecule has 0 unspecified atom stereocenters. The number of nitro groups is 1. The van der Waals surface area contributed by atoms with Gasteiger partial charge in [-0.2, -0.15) is 5.10 Å². The minimum atomic E-state index is -0.587. The molecule has 0 aliphatic heterocycles. The molecule has 0 aliphatic carbocycles. The van der Waals surface area contributed by atoms with Crippen molar-refractivity contribution in [2.45, 2.75) is 13.5 Å². The van der Waals surface area contributed by atoms with Crippen LogP contribution in [0.3, 0.4) is 0 Å². The molecule has 21 heavy (non-hydrogen) atoms. The monoisotopic (exact) mass is 290 g/mol. The predicted octanol–water partition coefficient (Wildman–Crippen LogP) is 1.56. The van der Waals surface area contributed by atoms with E-state index >= 15 is 0 Å². The van der Waals surface area contributed by atoms with Gasteiger partial charge in [-0.05, 0) is 13.0 Å². The molecule has 2 aromatic rings.